The van der Waals surface area contributed by atoms with E-state index in [1.165, 1.54) is 0 Å². The Morgan fingerprint density at radius 1 is 1.07 bits per heavy atom. The summed E-state index contributed by atoms with van der Waals surface area (Å²) in [6.07, 6.45) is 7.35. The first kappa shape index (κ1) is 21.7. The van der Waals surface area contributed by atoms with Crippen LogP contribution in [0.1, 0.15) is 33.6 Å². The molecule has 1 saturated heterocycles. The molecule has 1 aliphatic heterocycles. The minimum atomic E-state index is -1.81. The van der Waals surface area contributed by atoms with Crippen molar-refractivity contribution in [1.82, 2.24) is 0 Å². The van der Waals surface area contributed by atoms with Gasteiger partial charge in [-0.3, -0.25) is 0 Å². The third kappa shape index (κ3) is 6.23. The van der Waals surface area contributed by atoms with Crippen molar-refractivity contribution in [3.05, 3.63) is 49.3 Å². The molecule has 27 heavy (non-hydrogen) atoms. The fourth-order valence-electron chi connectivity index (χ4n) is 2.78. The van der Waals surface area contributed by atoms with Gasteiger partial charge in [-0.25, -0.2) is 0 Å². The summed E-state index contributed by atoms with van der Waals surface area (Å²) in [5.41, 5.74) is 0. The Bertz CT molecular complexity index is 631. The minimum absolute atomic E-state index is 0.00385. The lowest BCUT2D eigenvalue weighted by Crippen LogP contribution is -2.47. The van der Waals surface area contributed by atoms with Crippen molar-refractivity contribution < 1.29 is 18.6 Å². The fraction of sp³-hybridized carbons (Fsp3) is 0.545. The molecule has 0 aliphatic carbocycles. The number of rotatable bonds is 7. The maximum atomic E-state index is 6.62. The van der Waals surface area contributed by atoms with Crippen LogP contribution in [0.2, 0.25) is 18.1 Å². The zero-order chi connectivity index (χ0) is 20.1. The number of benzene rings is 1. The van der Waals surface area contributed by atoms with E-state index < -0.39 is 8.32 Å². The van der Waals surface area contributed by atoms with Gasteiger partial charge in [0.2, 0.25) is 0 Å². The molecule has 0 aromatic heterocycles. The molecule has 5 heteroatoms. The maximum absolute atomic E-state index is 6.62. The molecule has 0 saturated carbocycles. The van der Waals surface area contributed by atoms with Crippen molar-refractivity contribution in [1.29, 1.82) is 0 Å². The van der Waals surface area contributed by atoms with Gasteiger partial charge in [0, 0.05) is 12.8 Å². The van der Waals surface area contributed by atoms with Crippen LogP contribution in [-0.2, 0) is 9.16 Å². The highest BCUT2D eigenvalue weighted by molar-refractivity contribution is 6.74. The van der Waals surface area contributed by atoms with Crippen LogP contribution in [0.5, 0.6) is 11.5 Å². The van der Waals surface area contributed by atoms with Crippen LogP contribution in [0, 0.1) is 0 Å². The van der Waals surface area contributed by atoms with E-state index in [0.717, 1.165) is 24.3 Å². The molecule has 0 bridgehead atoms. The van der Waals surface area contributed by atoms with E-state index in [1.807, 2.05) is 36.4 Å². The fourth-order valence-corrected chi connectivity index (χ4v) is 4.15. The van der Waals surface area contributed by atoms with Gasteiger partial charge in [0.05, 0.1) is 31.7 Å². The van der Waals surface area contributed by atoms with Gasteiger partial charge < -0.3 is 18.6 Å². The number of ether oxygens (including phenoxy) is 3. The summed E-state index contributed by atoms with van der Waals surface area (Å²) in [5.74, 6) is 1.57. The first-order valence-electron chi connectivity index (χ1n) is 9.58. The lowest BCUT2D eigenvalue weighted by atomic mass is 10.0. The highest BCUT2D eigenvalue weighted by Crippen LogP contribution is 2.39. The Hall–Kier alpha value is -1.56. The van der Waals surface area contributed by atoms with Gasteiger partial charge in [-0.2, -0.15) is 0 Å². The Labute approximate surface area is 165 Å². The molecule has 1 aromatic rings. The molecule has 1 aromatic carbocycles. The molecule has 0 amide bonds. The zero-order valence-corrected chi connectivity index (χ0v) is 18.5. The Morgan fingerprint density at radius 2 is 1.67 bits per heavy atom. The molecular weight excluding hydrogens is 356 g/mol. The molecule has 0 spiro atoms. The van der Waals surface area contributed by atoms with Crippen LogP contribution in [0.3, 0.4) is 0 Å². The van der Waals surface area contributed by atoms with E-state index in [4.69, 9.17) is 18.6 Å². The molecule has 150 valence electrons. The van der Waals surface area contributed by atoms with E-state index in [0.29, 0.717) is 0 Å². The van der Waals surface area contributed by atoms with Gasteiger partial charge in [0.15, 0.2) is 8.32 Å². The lowest BCUT2D eigenvalue weighted by Gasteiger charge is -2.42. The van der Waals surface area contributed by atoms with Gasteiger partial charge in [-0.05, 0) is 48.5 Å². The van der Waals surface area contributed by atoms with Crippen LogP contribution in [-0.4, -0.2) is 33.7 Å². The largest absolute Gasteiger partial charge is 0.497 e. The monoisotopic (exact) mass is 390 g/mol. The second kappa shape index (κ2) is 9.09. The number of hydrogen-bond donors (Lipinski definition) is 0. The van der Waals surface area contributed by atoms with E-state index in [2.05, 4.69) is 40.4 Å². The van der Waals surface area contributed by atoms with Gasteiger partial charge in [0.25, 0.3) is 0 Å². The normalized spacial score (nSPS) is 24.0. The summed E-state index contributed by atoms with van der Waals surface area (Å²) < 4.78 is 23.5. The summed E-state index contributed by atoms with van der Waals surface area (Å²) in [6, 6.07) is 7.50. The summed E-state index contributed by atoms with van der Waals surface area (Å²) in [5, 5.41) is 0.192. The second-order valence-electron chi connectivity index (χ2n) is 8.54. The molecular formula is C22H34O4Si. The molecule has 1 fully saturated rings. The van der Waals surface area contributed by atoms with Crippen molar-refractivity contribution in [3.63, 3.8) is 0 Å². The average Bonchev–Trinajstić information content (AvgIpc) is 2.60. The van der Waals surface area contributed by atoms with E-state index in [1.54, 1.807) is 13.4 Å². The summed E-state index contributed by atoms with van der Waals surface area (Å²) in [4.78, 5) is 0. The van der Waals surface area contributed by atoms with E-state index >= 15 is 0 Å². The minimum Gasteiger partial charge on any atom is -0.497 e. The van der Waals surface area contributed by atoms with Gasteiger partial charge >= 0.3 is 0 Å². The molecule has 3 atom stereocenters. The van der Waals surface area contributed by atoms with Gasteiger partial charge in [-0.15, -0.1) is 6.58 Å². The predicted octanol–water partition coefficient (Wildman–Crippen LogP) is 5.71. The standard InChI is InChI=1S/C22H34O4Si/c1-8-17-15-21(26-27(6,7)22(2,3)4)16-20(25-17)13-14-24-19-11-9-18(23-5)10-12-19/h8-14,17,20-21H,1,15-16H2,2-7H3/b14-13-/t17-,20+,21-/m0/s1. The summed E-state index contributed by atoms with van der Waals surface area (Å²) in [6.45, 7) is 15.3. The summed E-state index contributed by atoms with van der Waals surface area (Å²) >= 11 is 0. The highest BCUT2D eigenvalue weighted by Gasteiger charge is 2.41. The van der Waals surface area contributed by atoms with Crippen LogP contribution in [0.25, 0.3) is 0 Å². The molecule has 1 heterocycles. The average molecular weight is 391 g/mol. The van der Waals surface area contributed by atoms with Gasteiger partial charge in [-0.1, -0.05) is 26.8 Å². The maximum Gasteiger partial charge on any atom is 0.192 e. The van der Waals surface area contributed by atoms with Crippen molar-refractivity contribution in [2.45, 2.75) is 70.1 Å². The first-order valence-corrected chi connectivity index (χ1v) is 12.5. The van der Waals surface area contributed by atoms with Crippen molar-refractivity contribution >= 4 is 8.32 Å². The Balaban J connectivity index is 1.97. The van der Waals surface area contributed by atoms with Crippen LogP contribution < -0.4 is 9.47 Å². The van der Waals surface area contributed by atoms with Crippen LogP contribution >= 0.6 is 0 Å². The van der Waals surface area contributed by atoms with Crippen molar-refractivity contribution in [2.75, 3.05) is 7.11 Å². The van der Waals surface area contributed by atoms with E-state index in [9.17, 15) is 0 Å². The number of methoxy groups -OCH3 is 1. The summed E-state index contributed by atoms with van der Waals surface area (Å²) in [7, 11) is -0.167. The molecule has 4 nitrogen and oxygen atoms in total. The van der Waals surface area contributed by atoms with Gasteiger partial charge in [0.1, 0.15) is 11.5 Å². The van der Waals surface area contributed by atoms with Crippen molar-refractivity contribution in [2.24, 2.45) is 0 Å². The molecule has 0 radical (unpaired) electrons. The Kier molecular flexibility index (Phi) is 7.31. The van der Waals surface area contributed by atoms with Crippen LogP contribution in [0.15, 0.2) is 49.3 Å². The molecule has 1 aliphatic rings. The molecule has 0 unspecified atom stereocenters. The lowest BCUT2D eigenvalue weighted by molar-refractivity contribution is -0.0509. The first-order chi connectivity index (χ1) is 12.6. The Morgan fingerprint density at radius 3 is 2.22 bits per heavy atom. The third-order valence-corrected chi connectivity index (χ3v) is 9.96. The topological polar surface area (TPSA) is 36.9 Å². The van der Waals surface area contributed by atoms with E-state index in [-0.39, 0.29) is 23.4 Å². The quantitative estimate of drug-likeness (QED) is 0.339. The highest BCUT2D eigenvalue weighted by atomic mass is 28.4. The predicted molar refractivity (Wildman–Crippen MR) is 113 cm³/mol. The second-order valence-corrected chi connectivity index (χ2v) is 13.3. The van der Waals surface area contributed by atoms with Crippen molar-refractivity contribution in [3.8, 4) is 11.5 Å². The SMILES string of the molecule is C=C[C@H]1C[C@H](O[Si](C)(C)C(C)(C)C)C[C@@H](/C=C\Oc2ccc(OC)cc2)O1. The molecule has 0 N–H and O–H groups in total. The zero-order valence-electron chi connectivity index (χ0n) is 17.5. The number of hydrogen-bond acceptors (Lipinski definition) is 4. The smallest absolute Gasteiger partial charge is 0.192 e. The molecule has 2 rings (SSSR count). The third-order valence-electron chi connectivity index (χ3n) is 5.43. The van der Waals surface area contributed by atoms with Crippen LogP contribution in [0.4, 0.5) is 0 Å².